The second kappa shape index (κ2) is 9.51. The predicted molar refractivity (Wildman–Crippen MR) is 139 cm³/mol. The van der Waals surface area contributed by atoms with Crippen molar-refractivity contribution in [2.24, 2.45) is 7.05 Å². The average Bonchev–Trinajstić information content (AvgIpc) is 3.20. The van der Waals surface area contributed by atoms with Gasteiger partial charge in [-0.15, -0.1) is 0 Å². The van der Waals surface area contributed by atoms with E-state index in [1.807, 2.05) is 30.3 Å². The van der Waals surface area contributed by atoms with Crippen LogP contribution in [0.3, 0.4) is 0 Å². The van der Waals surface area contributed by atoms with Crippen LogP contribution in [0.4, 0.5) is 39.3 Å². The third-order valence-electron chi connectivity index (χ3n) is 5.46. The number of nitrogens with one attached hydrogen (secondary N) is 2. The van der Waals surface area contributed by atoms with Crippen LogP contribution in [0.25, 0.3) is 0 Å². The van der Waals surface area contributed by atoms with Crippen molar-refractivity contribution in [1.82, 2.24) is 19.7 Å². The molecule has 1 aliphatic heterocycles. The lowest BCUT2D eigenvalue weighted by molar-refractivity contribution is -0.111. The Hall–Kier alpha value is -4.70. The molecule has 0 atom stereocenters. The molecule has 2 N–H and O–H groups in total. The van der Waals surface area contributed by atoms with Crippen molar-refractivity contribution < 1.29 is 9.59 Å². The van der Waals surface area contributed by atoms with Crippen LogP contribution < -0.4 is 20.4 Å². The second-order valence-electron chi connectivity index (χ2n) is 7.96. The van der Waals surface area contributed by atoms with Crippen molar-refractivity contribution in [1.29, 1.82) is 0 Å². The lowest BCUT2D eigenvalue weighted by atomic mass is 10.1. The zero-order valence-corrected chi connectivity index (χ0v) is 20.0. The Morgan fingerprint density at radius 2 is 1.92 bits per heavy atom. The average molecular weight is 501 g/mol. The molecular weight excluding hydrogens is 480 g/mol. The van der Waals surface area contributed by atoms with E-state index in [-0.39, 0.29) is 29.6 Å². The normalized spacial score (nSPS) is 12.8. The highest BCUT2D eigenvalue weighted by Gasteiger charge is 2.34. The Kier molecular flexibility index (Phi) is 6.09. The molecule has 1 aliphatic rings. The number of urea groups is 1. The number of benzene rings is 2. The van der Waals surface area contributed by atoms with E-state index in [9.17, 15) is 9.59 Å². The zero-order valence-electron chi connectivity index (χ0n) is 19.2. The molecule has 0 bridgehead atoms. The minimum absolute atomic E-state index is 0.255. The first-order valence-electron chi connectivity index (χ1n) is 10.9. The van der Waals surface area contributed by atoms with Crippen molar-refractivity contribution in [3.63, 3.8) is 0 Å². The minimum atomic E-state index is -0.356. The molecule has 0 radical (unpaired) electrons. The Morgan fingerprint density at radius 3 is 2.64 bits per heavy atom. The first-order valence-corrected chi connectivity index (χ1v) is 11.3. The van der Waals surface area contributed by atoms with Crippen LogP contribution in [-0.2, 0) is 18.4 Å². The topological polar surface area (TPSA) is 108 Å². The fourth-order valence-corrected chi connectivity index (χ4v) is 4.05. The molecule has 11 heteroatoms. The predicted octanol–water partition coefficient (Wildman–Crippen LogP) is 5.01. The molecule has 0 spiro atoms. The van der Waals surface area contributed by atoms with Gasteiger partial charge < -0.3 is 10.6 Å². The summed E-state index contributed by atoms with van der Waals surface area (Å²) < 4.78 is 1.57. The van der Waals surface area contributed by atoms with E-state index in [1.165, 1.54) is 11.0 Å². The maximum absolute atomic E-state index is 13.8. The van der Waals surface area contributed by atoms with Gasteiger partial charge in [0, 0.05) is 36.4 Å². The lowest BCUT2D eigenvalue weighted by Crippen LogP contribution is -2.45. The molecule has 5 rings (SSSR count). The van der Waals surface area contributed by atoms with Crippen LogP contribution in [-0.4, -0.2) is 31.7 Å². The van der Waals surface area contributed by atoms with Gasteiger partial charge in [0.15, 0.2) is 11.0 Å². The van der Waals surface area contributed by atoms with E-state index in [1.54, 1.807) is 53.3 Å². The molecule has 3 amide bonds. The lowest BCUT2D eigenvalue weighted by Gasteiger charge is -2.36. The van der Waals surface area contributed by atoms with Gasteiger partial charge in [-0.05, 0) is 36.4 Å². The largest absolute Gasteiger partial charge is 0.335 e. The van der Waals surface area contributed by atoms with Crippen LogP contribution in [0.2, 0.25) is 5.15 Å². The molecule has 36 heavy (non-hydrogen) atoms. The summed E-state index contributed by atoms with van der Waals surface area (Å²) in [5.74, 6) is 0.313. The van der Waals surface area contributed by atoms with Gasteiger partial charge in [0.2, 0.25) is 11.9 Å². The van der Waals surface area contributed by atoms with E-state index in [0.29, 0.717) is 22.9 Å². The summed E-state index contributed by atoms with van der Waals surface area (Å²) in [7, 11) is 1.75. The number of aryl methyl sites for hydroxylation is 1. The summed E-state index contributed by atoms with van der Waals surface area (Å²) in [6.07, 6.45) is 4.56. The zero-order chi connectivity index (χ0) is 25.2. The fraction of sp³-hybridized carbons (Fsp3) is 0.0800. The number of carbonyl (C=O) groups excluding carboxylic acids is 2. The number of hydrogen-bond donors (Lipinski definition) is 2. The third kappa shape index (κ3) is 4.49. The van der Waals surface area contributed by atoms with Gasteiger partial charge in [-0.3, -0.25) is 14.4 Å². The molecule has 2 aromatic heterocycles. The number of hydrogen-bond acceptors (Lipinski definition) is 6. The summed E-state index contributed by atoms with van der Waals surface area (Å²) >= 11 is 6.18. The molecule has 0 fully saturated rings. The summed E-state index contributed by atoms with van der Waals surface area (Å²) in [5, 5.41) is 10.2. The maximum atomic E-state index is 13.8. The first-order chi connectivity index (χ1) is 17.4. The molecule has 0 unspecified atom stereocenters. The molecule has 4 aromatic rings. The van der Waals surface area contributed by atoms with Crippen molar-refractivity contribution in [3.8, 4) is 0 Å². The van der Waals surface area contributed by atoms with E-state index in [0.717, 1.165) is 11.3 Å². The van der Waals surface area contributed by atoms with E-state index >= 15 is 0 Å². The van der Waals surface area contributed by atoms with E-state index in [2.05, 4.69) is 32.3 Å². The molecule has 3 heterocycles. The molecule has 10 nitrogen and oxygen atoms in total. The monoisotopic (exact) mass is 500 g/mol. The van der Waals surface area contributed by atoms with Crippen LogP contribution in [0.5, 0.6) is 0 Å². The second-order valence-corrected chi connectivity index (χ2v) is 8.32. The van der Waals surface area contributed by atoms with Gasteiger partial charge in [-0.2, -0.15) is 10.1 Å². The number of halogens is 1. The number of carbonyl (C=O) groups is 2. The maximum Gasteiger partial charge on any atom is 0.335 e. The smallest absolute Gasteiger partial charge is 0.322 e. The first kappa shape index (κ1) is 23.1. The molecule has 0 saturated heterocycles. The number of fused-ring (bicyclic) bond motifs is 1. The third-order valence-corrected chi connectivity index (χ3v) is 5.74. The number of rotatable bonds is 6. The SMILES string of the molecule is C=CC(=O)Nc1cccc(N2C(=O)N(c3ccccc3)Cc3cnc(Nc4cn(C)nc4Cl)nc32)c1. The number of nitrogens with zero attached hydrogens (tertiary/aromatic N) is 6. The van der Waals surface area contributed by atoms with Crippen molar-refractivity contribution in [3.05, 3.63) is 90.4 Å². The van der Waals surface area contributed by atoms with Crippen LogP contribution in [0, 0.1) is 0 Å². The fourth-order valence-electron chi connectivity index (χ4n) is 3.84. The molecular formula is C25H21ClN8O2. The standard InChI is InChI=1S/C25H21ClN8O2/c1-3-21(35)28-17-8-7-11-19(12-17)34-23-16(14-33(25(34)36)18-9-5-4-6-10-18)13-27-24(30-23)29-20-15-32(2)31-22(20)26/h3-13,15H,1,14H2,2H3,(H,28,35)(H,27,29,30). The Morgan fingerprint density at radius 1 is 1.14 bits per heavy atom. The Labute approximate surface area is 211 Å². The number of aromatic nitrogens is 4. The highest BCUT2D eigenvalue weighted by molar-refractivity contribution is 6.32. The summed E-state index contributed by atoms with van der Waals surface area (Å²) in [4.78, 5) is 37.9. The van der Waals surface area contributed by atoms with Crippen molar-refractivity contribution in [2.45, 2.75) is 6.54 Å². The van der Waals surface area contributed by atoms with Gasteiger partial charge in [0.25, 0.3) is 0 Å². The highest BCUT2D eigenvalue weighted by Crippen LogP contribution is 2.37. The van der Waals surface area contributed by atoms with Crippen LogP contribution in [0.1, 0.15) is 5.56 Å². The summed E-state index contributed by atoms with van der Waals surface area (Å²) in [6, 6.07) is 16.0. The van der Waals surface area contributed by atoms with Crippen molar-refractivity contribution in [2.75, 3.05) is 20.4 Å². The minimum Gasteiger partial charge on any atom is -0.322 e. The molecule has 0 aliphatic carbocycles. The van der Waals surface area contributed by atoms with Gasteiger partial charge in [-0.1, -0.05) is 42.4 Å². The van der Waals surface area contributed by atoms with Gasteiger partial charge in [0.05, 0.1) is 17.9 Å². The molecule has 2 aromatic carbocycles. The molecule has 0 saturated carbocycles. The van der Waals surface area contributed by atoms with Gasteiger partial charge in [0.1, 0.15) is 0 Å². The number of anilines is 6. The van der Waals surface area contributed by atoms with Crippen LogP contribution in [0.15, 0.2) is 79.6 Å². The highest BCUT2D eigenvalue weighted by atomic mass is 35.5. The summed E-state index contributed by atoms with van der Waals surface area (Å²) in [5.41, 5.74) is 3.04. The van der Waals surface area contributed by atoms with E-state index in [4.69, 9.17) is 11.6 Å². The van der Waals surface area contributed by atoms with Gasteiger partial charge >= 0.3 is 6.03 Å². The summed E-state index contributed by atoms with van der Waals surface area (Å²) in [6.45, 7) is 3.77. The quantitative estimate of drug-likeness (QED) is 0.360. The van der Waals surface area contributed by atoms with Gasteiger partial charge in [-0.25, -0.2) is 14.7 Å². The Bertz CT molecular complexity index is 1470. The number of amides is 3. The Balaban J connectivity index is 1.59. The number of para-hydroxylation sites is 1. The van der Waals surface area contributed by atoms with E-state index < -0.39 is 0 Å². The molecule has 180 valence electrons. The van der Waals surface area contributed by atoms with Crippen molar-refractivity contribution >= 4 is 58.1 Å². The van der Waals surface area contributed by atoms with Crippen LogP contribution >= 0.6 is 11.6 Å².